The SMILES string of the molecule is C=CCn1c(CNC(=O)c2cccc(Cl)c2)nnc1SCC(=O)Nc1cc(C)c(C)cc1Br. The Hall–Kier alpha value is -2.62. The molecule has 0 bridgehead atoms. The standard InChI is InChI=1S/C23H23BrClN5O2S/c1-4-8-30-20(12-26-22(32)16-6-5-7-17(25)11-16)28-29-23(30)33-13-21(31)27-19-10-15(3)14(2)9-18(19)24/h4-7,9-11H,1,8,12-13H2,2-3H3,(H,26,32)(H,27,31). The molecule has 0 saturated carbocycles. The normalized spacial score (nSPS) is 10.7. The lowest BCUT2D eigenvalue weighted by atomic mass is 10.1. The minimum absolute atomic E-state index is 0.156. The molecular weight excluding hydrogens is 526 g/mol. The second-order valence-corrected chi connectivity index (χ2v) is 9.48. The van der Waals surface area contributed by atoms with Crippen molar-refractivity contribution in [2.24, 2.45) is 0 Å². The maximum atomic E-state index is 12.5. The average Bonchev–Trinajstić information content (AvgIpc) is 3.16. The van der Waals surface area contributed by atoms with Crippen LogP contribution >= 0.6 is 39.3 Å². The van der Waals surface area contributed by atoms with Gasteiger partial charge >= 0.3 is 0 Å². The zero-order valence-corrected chi connectivity index (χ0v) is 21.4. The van der Waals surface area contributed by atoms with Crippen LogP contribution in [0.5, 0.6) is 0 Å². The van der Waals surface area contributed by atoms with E-state index >= 15 is 0 Å². The third-order valence-electron chi connectivity index (χ3n) is 4.79. The summed E-state index contributed by atoms with van der Waals surface area (Å²) in [7, 11) is 0. The number of aryl methyl sites for hydroxylation is 2. The number of hydrogen-bond donors (Lipinski definition) is 2. The van der Waals surface area contributed by atoms with Gasteiger partial charge in [-0.25, -0.2) is 0 Å². The van der Waals surface area contributed by atoms with Crippen molar-refractivity contribution in [1.82, 2.24) is 20.1 Å². The van der Waals surface area contributed by atoms with Gasteiger partial charge in [0.2, 0.25) is 5.91 Å². The highest BCUT2D eigenvalue weighted by Crippen LogP contribution is 2.26. The van der Waals surface area contributed by atoms with Crippen molar-refractivity contribution in [3.8, 4) is 0 Å². The minimum atomic E-state index is -0.266. The van der Waals surface area contributed by atoms with Crippen molar-refractivity contribution in [1.29, 1.82) is 0 Å². The predicted octanol–water partition coefficient (Wildman–Crippen LogP) is 5.16. The molecule has 0 spiro atoms. The molecule has 1 aromatic heterocycles. The Kier molecular flexibility index (Phi) is 8.71. The maximum Gasteiger partial charge on any atom is 0.251 e. The molecule has 0 atom stereocenters. The van der Waals surface area contributed by atoms with Crippen LogP contribution < -0.4 is 10.6 Å². The average molecular weight is 549 g/mol. The van der Waals surface area contributed by atoms with E-state index in [-0.39, 0.29) is 24.1 Å². The number of thioether (sulfide) groups is 1. The Morgan fingerprint density at radius 2 is 1.97 bits per heavy atom. The number of anilines is 1. The van der Waals surface area contributed by atoms with E-state index in [0.29, 0.717) is 28.1 Å². The number of amides is 2. The van der Waals surface area contributed by atoms with E-state index in [2.05, 4.69) is 43.3 Å². The fourth-order valence-corrected chi connectivity index (χ4v) is 4.47. The molecule has 3 aromatic rings. The molecule has 2 aromatic carbocycles. The van der Waals surface area contributed by atoms with Crippen molar-refractivity contribution in [3.05, 3.63) is 81.1 Å². The quantitative estimate of drug-likeness (QED) is 0.285. The maximum absolute atomic E-state index is 12.5. The summed E-state index contributed by atoms with van der Waals surface area (Å²) in [5.74, 6) is 0.292. The van der Waals surface area contributed by atoms with Crippen molar-refractivity contribution in [3.63, 3.8) is 0 Å². The number of nitrogens with one attached hydrogen (secondary N) is 2. The van der Waals surface area contributed by atoms with Gasteiger partial charge in [0, 0.05) is 21.6 Å². The van der Waals surface area contributed by atoms with E-state index < -0.39 is 0 Å². The topological polar surface area (TPSA) is 88.9 Å². The van der Waals surface area contributed by atoms with Crippen molar-refractivity contribution >= 4 is 56.8 Å². The summed E-state index contributed by atoms with van der Waals surface area (Å²) in [6, 6.07) is 10.6. The number of nitrogens with zero attached hydrogens (tertiary/aromatic N) is 3. The van der Waals surface area contributed by atoms with Crippen LogP contribution in [0, 0.1) is 13.8 Å². The lowest BCUT2D eigenvalue weighted by Gasteiger charge is -2.11. The van der Waals surface area contributed by atoms with Crippen LogP contribution in [0.4, 0.5) is 5.69 Å². The number of rotatable bonds is 9. The van der Waals surface area contributed by atoms with E-state index in [1.165, 1.54) is 11.8 Å². The van der Waals surface area contributed by atoms with Crippen LogP contribution in [-0.4, -0.2) is 32.3 Å². The number of allylic oxidation sites excluding steroid dienone is 1. The number of carbonyl (C=O) groups is 2. The van der Waals surface area contributed by atoms with Crippen molar-refractivity contribution in [2.75, 3.05) is 11.1 Å². The largest absolute Gasteiger partial charge is 0.345 e. The second-order valence-electron chi connectivity index (χ2n) is 7.24. The first kappa shape index (κ1) is 25.0. The molecule has 0 aliphatic rings. The first-order valence-corrected chi connectivity index (χ1v) is 12.2. The predicted molar refractivity (Wildman–Crippen MR) is 136 cm³/mol. The van der Waals surface area contributed by atoms with Crippen LogP contribution in [0.2, 0.25) is 5.02 Å². The van der Waals surface area contributed by atoms with Gasteiger partial charge in [0.15, 0.2) is 11.0 Å². The molecule has 0 unspecified atom stereocenters. The molecule has 3 rings (SSSR count). The van der Waals surface area contributed by atoms with E-state index in [9.17, 15) is 9.59 Å². The minimum Gasteiger partial charge on any atom is -0.345 e. The van der Waals surface area contributed by atoms with E-state index in [0.717, 1.165) is 21.3 Å². The summed E-state index contributed by atoms with van der Waals surface area (Å²) >= 11 is 10.7. The summed E-state index contributed by atoms with van der Waals surface area (Å²) in [4.78, 5) is 24.9. The van der Waals surface area contributed by atoms with E-state index in [4.69, 9.17) is 11.6 Å². The summed E-state index contributed by atoms with van der Waals surface area (Å²) in [5.41, 5.74) is 3.42. The zero-order chi connectivity index (χ0) is 24.0. The first-order valence-electron chi connectivity index (χ1n) is 10.0. The monoisotopic (exact) mass is 547 g/mol. The lowest BCUT2D eigenvalue weighted by Crippen LogP contribution is -2.24. The molecule has 10 heteroatoms. The van der Waals surface area contributed by atoms with Gasteiger partial charge < -0.3 is 15.2 Å². The van der Waals surface area contributed by atoms with Crippen LogP contribution in [0.15, 0.2) is 58.7 Å². The molecular formula is C23H23BrClN5O2S. The number of halogens is 2. The van der Waals surface area contributed by atoms with E-state index in [1.54, 1.807) is 30.3 Å². The number of carbonyl (C=O) groups excluding carboxylic acids is 2. The van der Waals surface area contributed by atoms with Gasteiger partial charge in [-0.2, -0.15) is 0 Å². The Balaban J connectivity index is 1.63. The summed E-state index contributed by atoms with van der Waals surface area (Å²) in [5, 5.41) is 15.2. The first-order chi connectivity index (χ1) is 15.8. The molecule has 0 fully saturated rings. The highest BCUT2D eigenvalue weighted by atomic mass is 79.9. The summed E-state index contributed by atoms with van der Waals surface area (Å²) in [6.45, 7) is 8.41. The molecule has 1 heterocycles. The highest BCUT2D eigenvalue weighted by Gasteiger charge is 2.16. The molecule has 0 radical (unpaired) electrons. The molecule has 0 aliphatic heterocycles. The number of hydrogen-bond acceptors (Lipinski definition) is 5. The Bertz CT molecular complexity index is 1200. The molecule has 0 saturated heterocycles. The number of benzene rings is 2. The van der Waals surface area contributed by atoms with Gasteiger partial charge in [0.05, 0.1) is 18.0 Å². The molecule has 33 heavy (non-hydrogen) atoms. The number of aromatic nitrogens is 3. The second kappa shape index (κ2) is 11.5. The fraction of sp³-hybridized carbons (Fsp3) is 0.217. The third kappa shape index (κ3) is 6.69. The van der Waals surface area contributed by atoms with E-state index in [1.807, 2.05) is 30.5 Å². The smallest absolute Gasteiger partial charge is 0.251 e. The van der Waals surface area contributed by atoms with Crippen LogP contribution in [0.1, 0.15) is 27.3 Å². The fourth-order valence-electron chi connectivity index (χ4n) is 2.95. The molecule has 2 N–H and O–H groups in total. The van der Waals surface area contributed by atoms with Crippen LogP contribution in [-0.2, 0) is 17.9 Å². The third-order valence-corrected chi connectivity index (χ3v) is 6.65. The van der Waals surface area contributed by atoms with Gasteiger partial charge in [-0.15, -0.1) is 16.8 Å². The Labute approximate surface area is 210 Å². The van der Waals surface area contributed by atoms with Gasteiger partial charge in [0.1, 0.15) is 0 Å². The van der Waals surface area contributed by atoms with Gasteiger partial charge in [-0.1, -0.05) is 35.5 Å². The van der Waals surface area contributed by atoms with Crippen LogP contribution in [0.3, 0.4) is 0 Å². The Morgan fingerprint density at radius 1 is 1.21 bits per heavy atom. The molecule has 0 aliphatic carbocycles. The van der Waals surface area contributed by atoms with Crippen LogP contribution in [0.25, 0.3) is 0 Å². The molecule has 172 valence electrons. The summed E-state index contributed by atoms with van der Waals surface area (Å²) < 4.78 is 2.64. The molecule has 7 nitrogen and oxygen atoms in total. The molecule has 2 amide bonds. The van der Waals surface area contributed by atoms with Crippen molar-refractivity contribution < 1.29 is 9.59 Å². The lowest BCUT2D eigenvalue weighted by molar-refractivity contribution is -0.113. The zero-order valence-electron chi connectivity index (χ0n) is 18.2. The van der Waals surface area contributed by atoms with Gasteiger partial charge in [-0.05, 0) is 71.2 Å². The van der Waals surface area contributed by atoms with Crippen molar-refractivity contribution in [2.45, 2.75) is 32.1 Å². The van der Waals surface area contributed by atoms with Gasteiger partial charge in [0.25, 0.3) is 5.91 Å². The summed E-state index contributed by atoms with van der Waals surface area (Å²) in [6.07, 6.45) is 1.71. The van der Waals surface area contributed by atoms with Gasteiger partial charge in [-0.3, -0.25) is 9.59 Å². The highest BCUT2D eigenvalue weighted by molar-refractivity contribution is 9.10. The Morgan fingerprint density at radius 3 is 2.70 bits per heavy atom.